The quantitative estimate of drug-likeness (QED) is 0.841. The Kier molecular flexibility index (Phi) is 3.20. The summed E-state index contributed by atoms with van der Waals surface area (Å²) in [7, 11) is 2.08. The highest BCUT2D eigenvalue weighted by molar-refractivity contribution is 5.47. The molecule has 0 spiro atoms. The first-order valence-corrected chi connectivity index (χ1v) is 6.12. The summed E-state index contributed by atoms with van der Waals surface area (Å²) in [4.78, 5) is 2.19. The van der Waals surface area contributed by atoms with Crippen LogP contribution < -0.4 is 4.90 Å². The molecule has 1 aromatic carbocycles. The van der Waals surface area contributed by atoms with Crippen molar-refractivity contribution in [1.29, 1.82) is 0 Å². The highest BCUT2D eigenvalue weighted by atomic mass is 16.3. The summed E-state index contributed by atoms with van der Waals surface area (Å²) in [5.74, 6) is 1.17. The normalized spacial score (nSPS) is 25.2. The monoisotopic (exact) mass is 219 g/mol. The van der Waals surface area contributed by atoms with Gasteiger partial charge < -0.3 is 10.0 Å². The number of benzene rings is 1. The van der Waals surface area contributed by atoms with Crippen LogP contribution in [-0.4, -0.2) is 18.7 Å². The lowest BCUT2D eigenvalue weighted by atomic mass is 10.0. The molecule has 0 saturated heterocycles. The Hall–Kier alpha value is -1.02. The molecule has 0 aliphatic heterocycles. The van der Waals surface area contributed by atoms with Crippen LogP contribution in [0, 0.1) is 11.8 Å². The second-order valence-electron chi connectivity index (χ2n) is 4.93. The zero-order chi connectivity index (χ0) is 11.7. The number of rotatable bonds is 4. The number of aliphatic hydroxyl groups excluding tert-OH is 1. The molecule has 1 aliphatic rings. The third kappa shape index (κ3) is 2.22. The Morgan fingerprint density at radius 2 is 1.94 bits per heavy atom. The summed E-state index contributed by atoms with van der Waals surface area (Å²) in [6.45, 7) is 5.34. The molecule has 3 atom stereocenters. The summed E-state index contributed by atoms with van der Waals surface area (Å²) in [5, 5.41) is 10.1. The first kappa shape index (κ1) is 11.5. The molecule has 0 aromatic heterocycles. The number of aliphatic hydroxyl groups is 1. The summed E-state index contributed by atoms with van der Waals surface area (Å²) in [5.41, 5.74) is 2.27. The molecule has 0 heterocycles. The topological polar surface area (TPSA) is 23.5 Å². The summed E-state index contributed by atoms with van der Waals surface area (Å²) < 4.78 is 0. The molecule has 2 heteroatoms. The van der Waals surface area contributed by atoms with E-state index < -0.39 is 0 Å². The molecular formula is C14H21NO. The first-order chi connectivity index (χ1) is 7.63. The van der Waals surface area contributed by atoms with Gasteiger partial charge in [-0.1, -0.05) is 19.1 Å². The minimum absolute atomic E-state index is 0.268. The van der Waals surface area contributed by atoms with Crippen molar-refractivity contribution in [3.05, 3.63) is 29.8 Å². The molecule has 1 aromatic rings. The summed E-state index contributed by atoms with van der Waals surface area (Å²) >= 11 is 0. The molecule has 1 aliphatic carbocycles. The fraction of sp³-hybridized carbons (Fsp3) is 0.571. The molecule has 2 nitrogen and oxygen atoms in total. The fourth-order valence-corrected chi connectivity index (χ4v) is 2.15. The average molecular weight is 219 g/mol. The molecule has 3 unspecified atom stereocenters. The van der Waals surface area contributed by atoms with Gasteiger partial charge in [0, 0.05) is 19.3 Å². The van der Waals surface area contributed by atoms with Gasteiger partial charge in [0.05, 0.1) is 6.10 Å². The summed E-state index contributed by atoms with van der Waals surface area (Å²) in [6, 6.07) is 8.29. The van der Waals surface area contributed by atoms with E-state index in [-0.39, 0.29) is 6.10 Å². The number of hydrogen-bond donors (Lipinski definition) is 1. The van der Waals surface area contributed by atoms with E-state index in [2.05, 4.69) is 50.1 Å². The Morgan fingerprint density at radius 3 is 2.38 bits per heavy atom. The lowest BCUT2D eigenvalue weighted by Gasteiger charge is -2.18. The maximum atomic E-state index is 10.1. The van der Waals surface area contributed by atoms with Gasteiger partial charge in [0.2, 0.25) is 0 Å². The third-order valence-electron chi connectivity index (χ3n) is 3.73. The van der Waals surface area contributed by atoms with Gasteiger partial charge in [-0.2, -0.15) is 0 Å². The van der Waals surface area contributed by atoms with E-state index in [1.165, 1.54) is 5.69 Å². The number of hydrogen-bond acceptors (Lipinski definition) is 2. The van der Waals surface area contributed by atoms with E-state index in [1.54, 1.807) is 0 Å². The predicted molar refractivity (Wildman–Crippen MR) is 67.6 cm³/mol. The van der Waals surface area contributed by atoms with Gasteiger partial charge in [-0.3, -0.25) is 0 Å². The average Bonchev–Trinajstić information content (AvgIpc) is 3.04. The Labute approximate surface area is 97.9 Å². The minimum atomic E-state index is -0.268. The van der Waals surface area contributed by atoms with Crippen molar-refractivity contribution in [3.8, 4) is 0 Å². The fourth-order valence-electron chi connectivity index (χ4n) is 2.15. The van der Waals surface area contributed by atoms with Gasteiger partial charge in [-0.05, 0) is 42.9 Å². The minimum Gasteiger partial charge on any atom is -0.388 e. The molecular weight excluding hydrogens is 198 g/mol. The van der Waals surface area contributed by atoms with Crippen LogP contribution >= 0.6 is 0 Å². The molecule has 16 heavy (non-hydrogen) atoms. The maximum Gasteiger partial charge on any atom is 0.0820 e. The van der Waals surface area contributed by atoms with Gasteiger partial charge in [0.15, 0.2) is 0 Å². The Morgan fingerprint density at radius 1 is 1.38 bits per heavy atom. The zero-order valence-corrected chi connectivity index (χ0v) is 10.4. The van der Waals surface area contributed by atoms with Crippen LogP contribution in [0.3, 0.4) is 0 Å². The van der Waals surface area contributed by atoms with Crippen molar-refractivity contribution >= 4 is 5.69 Å². The highest BCUT2D eigenvalue weighted by Crippen LogP contribution is 2.46. The van der Waals surface area contributed by atoms with Crippen LogP contribution in [0.15, 0.2) is 24.3 Å². The van der Waals surface area contributed by atoms with Crippen molar-refractivity contribution in [3.63, 3.8) is 0 Å². The lowest BCUT2D eigenvalue weighted by Crippen LogP contribution is -2.15. The van der Waals surface area contributed by atoms with Crippen molar-refractivity contribution in [1.82, 2.24) is 0 Å². The smallest absolute Gasteiger partial charge is 0.0820 e. The van der Waals surface area contributed by atoms with Crippen LogP contribution in [0.2, 0.25) is 0 Å². The van der Waals surface area contributed by atoms with Crippen molar-refractivity contribution in [2.75, 3.05) is 18.5 Å². The van der Waals surface area contributed by atoms with Gasteiger partial charge in [-0.25, -0.2) is 0 Å². The van der Waals surface area contributed by atoms with Gasteiger partial charge in [0.1, 0.15) is 0 Å². The van der Waals surface area contributed by atoms with Crippen LogP contribution in [-0.2, 0) is 0 Å². The van der Waals surface area contributed by atoms with Crippen LogP contribution in [0.25, 0.3) is 0 Å². The SMILES string of the molecule is CCN(C)c1ccc(C(O)C2CC2C)cc1. The van der Waals surface area contributed by atoms with E-state index in [0.29, 0.717) is 11.8 Å². The van der Waals surface area contributed by atoms with Crippen molar-refractivity contribution in [2.45, 2.75) is 26.4 Å². The van der Waals surface area contributed by atoms with Crippen LogP contribution in [0.5, 0.6) is 0 Å². The maximum absolute atomic E-state index is 10.1. The second-order valence-corrected chi connectivity index (χ2v) is 4.93. The van der Waals surface area contributed by atoms with E-state index in [1.807, 2.05) is 0 Å². The van der Waals surface area contributed by atoms with E-state index in [0.717, 1.165) is 18.5 Å². The molecule has 1 fully saturated rings. The molecule has 0 radical (unpaired) electrons. The zero-order valence-electron chi connectivity index (χ0n) is 10.4. The van der Waals surface area contributed by atoms with E-state index in [4.69, 9.17) is 0 Å². The second kappa shape index (κ2) is 4.46. The lowest BCUT2D eigenvalue weighted by molar-refractivity contribution is 0.148. The van der Waals surface area contributed by atoms with E-state index >= 15 is 0 Å². The Balaban J connectivity index is 2.07. The molecule has 1 N–H and O–H groups in total. The molecule has 0 amide bonds. The summed E-state index contributed by atoms with van der Waals surface area (Å²) in [6.07, 6.45) is 0.897. The van der Waals surface area contributed by atoms with Crippen molar-refractivity contribution in [2.24, 2.45) is 11.8 Å². The molecule has 2 rings (SSSR count). The first-order valence-electron chi connectivity index (χ1n) is 6.12. The van der Waals surface area contributed by atoms with Gasteiger partial charge >= 0.3 is 0 Å². The molecule has 1 saturated carbocycles. The Bertz CT molecular complexity index is 346. The molecule has 0 bridgehead atoms. The van der Waals surface area contributed by atoms with Crippen molar-refractivity contribution < 1.29 is 5.11 Å². The van der Waals surface area contributed by atoms with Crippen LogP contribution in [0.1, 0.15) is 31.9 Å². The van der Waals surface area contributed by atoms with Gasteiger partial charge in [-0.15, -0.1) is 0 Å². The third-order valence-corrected chi connectivity index (χ3v) is 3.73. The van der Waals surface area contributed by atoms with Gasteiger partial charge in [0.25, 0.3) is 0 Å². The standard InChI is InChI=1S/C14H21NO/c1-4-15(3)12-7-5-11(6-8-12)14(16)13-9-10(13)2/h5-8,10,13-14,16H,4,9H2,1-3H3. The van der Waals surface area contributed by atoms with Crippen LogP contribution in [0.4, 0.5) is 5.69 Å². The number of nitrogens with zero attached hydrogens (tertiary/aromatic N) is 1. The largest absolute Gasteiger partial charge is 0.388 e. The predicted octanol–water partition coefficient (Wildman–Crippen LogP) is 2.83. The molecule has 88 valence electrons. The van der Waals surface area contributed by atoms with E-state index in [9.17, 15) is 5.11 Å². The highest BCUT2D eigenvalue weighted by Gasteiger charge is 2.39. The number of anilines is 1.